The number of hydrogen-bond donors (Lipinski definition) is 1. The molecule has 20 heavy (non-hydrogen) atoms. The predicted octanol–water partition coefficient (Wildman–Crippen LogP) is 3.69. The molecule has 0 spiro atoms. The van der Waals surface area contributed by atoms with Gasteiger partial charge in [-0.15, -0.1) is 0 Å². The van der Waals surface area contributed by atoms with Crippen LogP contribution in [0.3, 0.4) is 0 Å². The molecule has 0 saturated heterocycles. The second-order valence-electron chi connectivity index (χ2n) is 6.12. The first-order valence-corrected chi connectivity index (χ1v) is 7.89. The summed E-state index contributed by atoms with van der Waals surface area (Å²) in [6, 6.07) is 7.23. The van der Waals surface area contributed by atoms with Crippen molar-refractivity contribution >= 4 is 0 Å². The van der Waals surface area contributed by atoms with E-state index < -0.39 is 0 Å². The van der Waals surface area contributed by atoms with Gasteiger partial charge < -0.3 is 14.8 Å². The lowest BCUT2D eigenvalue weighted by Crippen LogP contribution is -2.34. The van der Waals surface area contributed by atoms with E-state index in [4.69, 9.17) is 9.47 Å². The van der Waals surface area contributed by atoms with Crippen molar-refractivity contribution in [1.29, 1.82) is 0 Å². The summed E-state index contributed by atoms with van der Waals surface area (Å²) in [4.78, 5) is 0. The van der Waals surface area contributed by atoms with E-state index in [-0.39, 0.29) is 0 Å². The Morgan fingerprint density at radius 3 is 2.50 bits per heavy atom. The third-order valence-corrected chi connectivity index (χ3v) is 4.69. The smallest absolute Gasteiger partial charge is 0.161 e. The highest BCUT2D eigenvalue weighted by Gasteiger charge is 2.23. The molecule has 1 N–H and O–H groups in total. The van der Waals surface area contributed by atoms with Crippen LogP contribution in [0.25, 0.3) is 0 Å². The third-order valence-electron chi connectivity index (χ3n) is 4.69. The van der Waals surface area contributed by atoms with Crippen LogP contribution in [0.5, 0.6) is 11.5 Å². The van der Waals surface area contributed by atoms with Crippen molar-refractivity contribution in [3.05, 3.63) is 23.8 Å². The highest BCUT2D eigenvalue weighted by Crippen LogP contribution is 2.33. The Morgan fingerprint density at radius 2 is 1.75 bits per heavy atom. The van der Waals surface area contributed by atoms with Gasteiger partial charge >= 0.3 is 0 Å². The molecule has 1 aromatic carbocycles. The average molecular weight is 275 g/mol. The van der Waals surface area contributed by atoms with Gasteiger partial charge in [-0.25, -0.2) is 0 Å². The summed E-state index contributed by atoms with van der Waals surface area (Å²) < 4.78 is 11.2. The SMILES string of the molecule is CC(N[C@H](C)C1CCCC1)c1ccc2c(c1)OCCO2. The maximum atomic E-state index is 5.67. The van der Waals surface area contributed by atoms with E-state index in [0.717, 1.165) is 17.4 Å². The van der Waals surface area contributed by atoms with E-state index in [1.54, 1.807) is 0 Å². The van der Waals surface area contributed by atoms with E-state index in [1.807, 2.05) is 6.07 Å². The number of ether oxygens (including phenoxy) is 2. The first-order chi connectivity index (χ1) is 9.74. The fraction of sp³-hybridized carbons (Fsp3) is 0.647. The monoisotopic (exact) mass is 275 g/mol. The van der Waals surface area contributed by atoms with Crippen molar-refractivity contribution in [3.63, 3.8) is 0 Å². The minimum Gasteiger partial charge on any atom is -0.486 e. The van der Waals surface area contributed by atoms with E-state index in [1.165, 1.54) is 31.2 Å². The number of nitrogens with one attached hydrogen (secondary N) is 1. The van der Waals surface area contributed by atoms with Gasteiger partial charge in [0.1, 0.15) is 13.2 Å². The summed E-state index contributed by atoms with van der Waals surface area (Å²) in [6.45, 7) is 5.86. The summed E-state index contributed by atoms with van der Waals surface area (Å²) in [7, 11) is 0. The van der Waals surface area contributed by atoms with Crippen LogP contribution >= 0.6 is 0 Å². The lowest BCUT2D eigenvalue weighted by Gasteiger charge is -2.26. The maximum absolute atomic E-state index is 5.67. The van der Waals surface area contributed by atoms with Gasteiger partial charge in [-0.2, -0.15) is 0 Å². The van der Waals surface area contributed by atoms with E-state index in [9.17, 15) is 0 Å². The molecule has 0 aromatic heterocycles. The van der Waals surface area contributed by atoms with Crippen LogP contribution in [0.2, 0.25) is 0 Å². The molecule has 110 valence electrons. The molecule has 1 unspecified atom stereocenters. The fourth-order valence-electron chi connectivity index (χ4n) is 3.41. The lowest BCUT2D eigenvalue weighted by molar-refractivity contribution is 0.171. The molecule has 1 aromatic rings. The van der Waals surface area contributed by atoms with Crippen LogP contribution in [0.4, 0.5) is 0 Å². The van der Waals surface area contributed by atoms with Gasteiger partial charge in [0.05, 0.1) is 0 Å². The Kier molecular flexibility index (Phi) is 4.16. The molecule has 0 amide bonds. The number of benzene rings is 1. The third kappa shape index (κ3) is 2.93. The summed E-state index contributed by atoms with van der Waals surface area (Å²) in [6.07, 6.45) is 5.55. The first-order valence-electron chi connectivity index (χ1n) is 7.89. The molecule has 0 radical (unpaired) electrons. The Balaban J connectivity index is 1.65. The Morgan fingerprint density at radius 1 is 1.05 bits per heavy atom. The highest BCUT2D eigenvalue weighted by molar-refractivity contribution is 5.44. The molecule has 3 rings (SSSR count). The van der Waals surface area contributed by atoms with E-state index in [0.29, 0.717) is 25.3 Å². The number of hydrogen-bond acceptors (Lipinski definition) is 3. The minimum atomic E-state index is 0.349. The van der Waals surface area contributed by atoms with Crippen LogP contribution in [0, 0.1) is 5.92 Å². The van der Waals surface area contributed by atoms with Crippen molar-refractivity contribution < 1.29 is 9.47 Å². The zero-order valence-electron chi connectivity index (χ0n) is 12.5. The van der Waals surface area contributed by atoms with Crippen LogP contribution < -0.4 is 14.8 Å². The normalized spacial score (nSPS) is 21.7. The molecule has 3 nitrogen and oxygen atoms in total. The van der Waals surface area contributed by atoms with Crippen molar-refractivity contribution in [1.82, 2.24) is 5.32 Å². The quantitative estimate of drug-likeness (QED) is 0.909. The molecule has 1 aliphatic heterocycles. The number of rotatable bonds is 4. The lowest BCUT2D eigenvalue weighted by atomic mass is 9.97. The molecule has 1 aliphatic carbocycles. The highest BCUT2D eigenvalue weighted by atomic mass is 16.6. The summed E-state index contributed by atoms with van der Waals surface area (Å²) in [5, 5.41) is 3.75. The van der Waals surface area contributed by atoms with E-state index in [2.05, 4.69) is 31.3 Å². The molecule has 2 atom stereocenters. The van der Waals surface area contributed by atoms with Gasteiger partial charge in [-0.1, -0.05) is 18.9 Å². The van der Waals surface area contributed by atoms with E-state index >= 15 is 0 Å². The molecular formula is C17H25NO2. The van der Waals surface area contributed by atoms with Gasteiger partial charge in [0.25, 0.3) is 0 Å². The molecule has 0 bridgehead atoms. The van der Waals surface area contributed by atoms with Gasteiger partial charge in [0.15, 0.2) is 11.5 Å². The second-order valence-corrected chi connectivity index (χ2v) is 6.12. The Bertz CT molecular complexity index is 454. The average Bonchev–Trinajstić information content (AvgIpc) is 3.01. The molecule has 2 aliphatic rings. The van der Waals surface area contributed by atoms with Crippen LogP contribution in [0.15, 0.2) is 18.2 Å². The Labute approximate surface area is 121 Å². The largest absolute Gasteiger partial charge is 0.486 e. The standard InChI is InChI=1S/C17H25NO2/c1-12(14-5-3-4-6-14)18-13(2)15-7-8-16-17(11-15)20-10-9-19-16/h7-8,11-14,18H,3-6,9-10H2,1-2H3/t12-,13?/m1/s1. The van der Waals surface area contributed by atoms with Crippen LogP contribution in [-0.4, -0.2) is 19.3 Å². The van der Waals surface area contributed by atoms with Crippen molar-refractivity contribution in [3.8, 4) is 11.5 Å². The predicted molar refractivity (Wildman–Crippen MR) is 80.4 cm³/mol. The van der Waals surface area contributed by atoms with Crippen LogP contribution in [-0.2, 0) is 0 Å². The Hall–Kier alpha value is -1.22. The van der Waals surface area contributed by atoms with Crippen molar-refractivity contribution in [2.75, 3.05) is 13.2 Å². The molecule has 1 fully saturated rings. The fourth-order valence-corrected chi connectivity index (χ4v) is 3.41. The summed E-state index contributed by atoms with van der Waals surface area (Å²) in [5.74, 6) is 2.60. The zero-order valence-corrected chi connectivity index (χ0v) is 12.5. The number of fused-ring (bicyclic) bond motifs is 1. The summed E-state index contributed by atoms with van der Waals surface area (Å²) >= 11 is 0. The molecule has 3 heteroatoms. The zero-order chi connectivity index (χ0) is 13.9. The maximum Gasteiger partial charge on any atom is 0.161 e. The van der Waals surface area contributed by atoms with Crippen molar-refractivity contribution in [2.24, 2.45) is 5.92 Å². The second kappa shape index (κ2) is 6.04. The van der Waals surface area contributed by atoms with Crippen LogP contribution in [0.1, 0.15) is 51.1 Å². The van der Waals surface area contributed by atoms with Gasteiger partial charge in [-0.3, -0.25) is 0 Å². The molecule has 1 heterocycles. The van der Waals surface area contributed by atoms with Gasteiger partial charge in [-0.05, 0) is 50.3 Å². The molecular weight excluding hydrogens is 250 g/mol. The first kappa shape index (κ1) is 13.7. The van der Waals surface area contributed by atoms with Gasteiger partial charge in [0.2, 0.25) is 0 Å². The molecule has 1 saturated carbocycles. The van der Waals surface area contributed by atoms with Crippen molar-refractivity contribution in [2.45, 2.75) is 51.6 Å². The van der Waals surface area contributed by atoms with Gasteiger partial charge in [0, 0.05) is 12.1 Å². The topological polar surface area (TPSA) is 30.5 Å². The minimum absolute atomic E-state index is 0.349. The summed E-state index contributed by atoms with van der Waals surface area (Å²) in [5.41, 5.74) is 1.28.